The van der Waals surface area contributed by atoms with Crippen molar-refractivity contribution < 1.29 is 13.2 Å². The van der Waals surface area contributed by atoms with E-state index in [4.69, 9.17) is 10.5 Å². The van der Waals surface area contributed by atoms with Crippen LogP contribution in [0.5, 0.6) is 0 Å². The molecule has 1 saturated heterocycles. The molecule has 0 aromatic carbocycles. The number of nitrogens with one attached hydrogen (secondary N) is 1. The summed E-state index contributed by atoms with van der Waals surface area (Å²) in [5.41, 5.74) is 5.62. The van der Waals surface area contributed by atoms with E-state index >= 15 is 0 Å². The van der Waals surface area contributed by atoms with Crippen molar-refractivity contribution in [2.75, 3.05) is 19.8 Å². The summed E-state index contributed by atoms with van der Waals surface area (Å²) in [6.07, 6.45) is -0.583. The molecule has 3 N–H and O–H groups in total. The van der Waals surface area contributed by atoms with Gasteiger partial charge in [0, 0.05) is 12.6 Å². The van der Waals surface area contributed by atoms with E-state index < -0.39 is 16.4 Å². The highest BCUT2D eigenvalue weighted by Gasteiger charge is 2.30. The number of morpholine rings is 1. The monoisotopic (exact) mass is 223 g/mol. The van der Waals surface area contributed by atoms with Gasteiger partial charge >= 0.3 is 0 Å². The molecule has 1 fully saturated rings. The van der Waals surface area contributed by atoms with Crippen LogP contribution < -0.4 is 10.5 Å². The van der Waals surface area contributed by atoms with Crippen LogP contribution in [-0.2, 0) is 14.9 Å². The van der Waals surface area contributed by atoms with E-state index in [9.17, 15) is 8.42 Å². The van der Waals surface area contributed by atoms with E-state index in [2.05, 4.69) is 4.72 Å². The zero-order chi connectivity index (χ0) is 10.8. The summed E-state index contributed by atoms with van der Waals surface area (Å²) in [5, 5.41) is 0. The third-order valence-corrected chi connectivity index (χ3v) is 3.65. The molecule has 1 heterocycles. The van der Waals surface area contributed by atoms with E-state index in [-0.39, 0.29) is 12.6 Å². The predicted molar refractivity (Wildman–Crippen MR) is 52.7 cm³/mol. The summed E-state index contributed by atoms with van der Waals surface area (Å²) in [7, 11) is -3.45. The van der Waals surface area contributed by atoms with Crippen LogP contribution in [-0.4, -0.2) is 44.7 Å². The van der Waals surface area contributed by atoms with E-state index in [1.54, 1.807) is 13.8 Å². The average molecular weight is 223 g/mol. The molecule has 1 aliphatic heterocycles. The molecule has 1 unspecified atom stereocenters. The molecule has 0 amide bonds. The fourth-order valence-corrected chi connectivity index (χ4v) is 2.73. The highest BCUT2D eigenvalue weighted by atomic mass is 32.2. The van der Waals surface area contributed by atoms with Gasteiger partial charge in [-0.2, -0.15) is 17.4 Å². The van der Waals surface area contributed by atoms with Gasteiger partial charge < -0.3 is 10.5 Å². The van der Waals surface area contributed by atoms with Crippen LogP contribution in [0.15, 0.2) is 0 Å². The number of rotatable bonds is 3. The Hall–Kier alpha value is -0.210. The first-order valence-electron chi connectivity index (χ1n) is 4.56. The Kier molecular flexibility index (Phi) is 3.85. The number of ether oxygens (including phenoxy) is 1. The summed E-state index contributed by atoms with van der Waals surface area (Å²) in [6.45, 7) is 4.49. The second-order valence-corrected chi connectivity index (χ2v) is 5.19. The smallest absolute Gasteiger partial charge is 0.281 e. The van der Waals surface area contributed by atoms with Crippen LogP contribution in [0.3, 0.4) is 0 Å². The molecule has 6 nitrogen and oxygen atoms in total. The van der Waals surface area contributed by atoms with E-state index in [1.165, 1.54) is 4.31 Å². The van der Waals surface area contributed by atoms with Gasteiger partial charge in [-0.15, -0.1) is 0 Å². The Morgan fingerprint density at radius 3 is 2.71 bits per heavy atom. The lowest BCUT2D eigenvalue weighted by Gasteiger charge is -2.32. The van der Waals surface area contributed by atoms with Gasteiger partial charge in [-0.3, -0.25) is 0 Å². The average Bonchev–Trinajstić information content (AvgIpc) is 2.02. The normalized spacial score (nSPS) is 25.6. The summed E-state index contributed by atoms with van der Waals surface area (Å²) in [4.78, 5) is 0. The number of hydrogen-bond donors (Lipinski definition) is 2. The third-order valence-electron chi connectivity index (χ3n) is 1.81. The minimum absolute atomic E-state index is 0.130. The van der Waals surface area contributed by atoms with E-state index in [0.717, 1.165) is 0 Å². The SMILES string of the molecule is CC(C)NS(=O)(=O)N1CCOCC1N. The Morgan fingerprint density at radius 1 is 1.57 bits per heavy atom. The molecule has 0 aromatic heterocycles. The molecule has 84 valence electrons. The first kappa shape index (κ1) is 11.9. The standard InChI is InChI=1S/C7H17N3O3S/c1-6(2)9-14(11,12)10-3-4-13-5-7(10)8/h6-7,9H,3-5,8H2,1-2H3. The molecule has 1 aliphatic rings. The Labute approximate surface area is 84.6 Å². The highest BCUT2D eigenvalue weighted by molar-refractivity contribution is 7.87. The molecule has 14 heavy (non-hydrogen) atoms. The van der Waals surface area contributed by atoms with Gasteiger partial charge in [-0.25, -0.2) is 0 Å². The Morgan fingerprint density at radius 2 is 2.21 bits per heavy atom. The molecule has 1 rings (SSSR count). The fourth-order valence-electron chi connectivity index (χ4n) is 1.27. The van der Waals surface area contributed by atoms with Gasteiger partial charge in [0.2, 0.25) is 0 Å². The van der Waals surface area contributed by atoms with Crippen molar-refractivity contribution >= 4 is 10.2 Å². The molecule has 0 saturated carbocycles. The van der Waals surface area contributed by atoms with Crippen LogP contribution >= 0.6 is 0 Å². The molecule has 7 heteroatoms. The third kappa shape index (κ3) is 2.89. The molecule has 0 radical (unpaired) electrons. The van der Waals surface area contributed by atoms with E-state index in [0.29, 0.717) is 13.2 Å². The fraction of sp³-hybridized carbons (Fsp3) is 1.00. The molecule has 0 spiro atoms. The predicted octanol–water partition coefficient (Wildman–Crippen LogP) is -1.15. The summed E-state index contributed by atoms with van der Waals surface area (Å²) < 4.78 is 32.1. The zero-order valence-electron chi connectivity index (χ0n) is 8.43. The second-order valence-electron chi connectivity index (χ2n) is 3.53. The van der Waals surface area contributed by atoms with Crippen molar-refractivity contribution in [1.82, 2.24) is 9.03 Å². The van der Waals surface area contributed by atoms with Crippen LogP contribution in [0.1, 0.15) is 13.8 Å². The lowest BCUT2D eigenvalue weighted by atomic mass is 10.4. The molecular weight excluding hydrogens is 206 g/mol. The van der Waals surface area contributed by atoms with Crippen molar-refractivity contribution in [3.63, 3.8) is 0 Å². The maximum Gasteiger partial charge on any atom is 0.281 e. The lowest BCUT2D eigenvalue weighted by molar-refractivity contribution is 0.0343. The van der Waals surface area contributed by atoms with Gasteiger partial charge in [-0.1, -0.05) is 0 Å². The van der Waals surface area contributed by atoms with Gasteiger partial charge in [-0.05, 0) is 13.8 Å². The van der Waals surface area contributed by atoms with Crippen molar-refractivity contribution in [3.8, 4) is 0 Å². The minimum Gasteiger partial charge on any atom is -0.377 e. The number of nitrogens with zero attached hydrogens (tertiary/aromatic N) is 1. The van der Waals surface area contributed by atoms with E-state index in [1.807, 2.05) is 0 Å². The minimum atomic E-state index is -3.45. The second kappa shape index (κ2) is 4.54. The molecular formula is C7H17N3O3S. The summed E-state index contributed by atoms with van der Waals surface area (Å²) in [5.74, 6) is 0. The maximum absolute atomic E-state index is 11.7. The number of nitrogens with two attached hydrogens (primary N) is 1. The van der Waals surface area contributed by atoms with Gasteiger partial charge in [0.05, 0.1) is 19.4 Å². The van der Waals surface area contributed by atoms with Crippen LogP contribution in [0.25, 0.3) is 0 Å². The van der Waals surface area contributed by atoms with Crippen molar-refractivity contribution in [2.45, 2.75) is 26.1 Å². The van der Waals surface area contributed by atoms with Crippen LogP contribution in [0.2, 0.25) is 0 Å². The topological polar surface area (TPSA) is 84.7 Å². The quantitative estimate of drug-likeness (QED) is 0.632. The summed E-state index contributed by atoms with van der Waals surface area (Å²) >= 11 is 0. The molecule has 0 aromatic rings. The largest absolute Gasteiger partial charge is 0.377 e. The first-order chi connectivity index (χ1) is 6.43. The van der Waals surface area contributed by atoms with Gasteiger partial charge in [0.15, 0.2) is 0 Å². The Bertz CT molecular complexity index is 278. The van der Waals surface area contributed by atoms with Crippen LogP contribution in [0, 0.1) is 0 Å². The number of hydrogen-bond acceptors (Lipinski definition) is 4. The van der Waals surface area contributed by atoms with Crippen molar-refractivity contribution in [3.05, 3.63) is 0 Å². The van der Waals surface area contributed by atoms with Gasteiger partial charge in [0.1, 0.15) is 0 Å². The van der Waals surface area contributed by atoms with Crippen molar-refractivity contribution in [2.24, 2.45) is 5.73 Å². The molecule has 0 bridgehead atoms. The Balaban J connectivity index is 2.70. The first-order valence-corrected chi connectivity index (χ1v) is 6.00. The highest BCUT2D eigenvalue weighted by Crippen LogP contribution is 2.07. The van der Waals surface area contributed by atoms with Gasteiger partial charge in [0.25, 0.3) is 10.2 Å². The zero-order valence-corrected chi connectivity index (χ0v) is 9.25. The summed E-state index contributed by atoms with van der Waals surface area (Å²) in [6, 6.07) is -0.130. The van der Waals surface area contributed by atoms with Crippen LogP contribution in [0.4, 0.5) is 0 Å². The van der Waals surface area contributed by atoms with Crippen molar-refractivity contribution in [1.29, 1.82) is 0 Å². The lowest BCUT2D eigenvalue weighted by Crippen LogP contribution is -2.57. The molecule has 1 atom stereocenters. The maximum atomic E-state index is 11.7. The molecule has 0 aliphatic carbocycles.